The van der Waals surface area contributed by atoms with Crippen LogP contribution in [-0.2, 0) is 12.8 Å². The molecule has 2 atom stereocenters. The number of aliphatic hydroxyl groups is 1. The number of benzene rings is 1. The van der Waals surface area contributed by atoms with Crippen molar-refractivity contribution in [1.82, 2.24) is 10.1 Å². The van der Waals surface area contributed by atoms with Crippen LogP contribution < -0.4 is 5.73 Å². The Bertz CT molecular complexity index is 504. The predicted octanol–water partition coefficient (Wildman–Crippen LogP) is 1.58. The summed E-state index contributed by atoms with van der Waals surface area (Å²) in [4.78, 5) is 4.35. The van der Waals surface area contributed by atoms with E-state index < -0.39 is 0 Å². The number of aromatic nitrogens is 2. The highest BCUT2D eigenvalue weighted by atomic mass is 35.5. The summed E-state index contributed by atoms with van der Waals surface area (Å²) in [6, 6.07) is 9.73. The zero-order valence-electron chi connectivity index (χ0n) is 11.4. The van der Waals surface area contributed by atoms with E-state index in [1.54, 1.807) is 0 Å². The van der Waals surface area contributed by atoms with Gasteiger partial charge in [-0.1, -0.05) is 42.4 Å². The Morgan fingerprint density at radius 3 is 2.65 bits per heavy atom. The van der Waals surface area contributed by atoms with Gasteiger partial charge >= 0.3 is 0 Å². The molecule has 0 spiro atoms. The van der Waals surface area contributed by atoms with Gasteiger partial charge in [0.05, 0.1) is 13.0 Å². The molecule has 0 fully saturated rings. The van der Waals surface area contributed by atoms with Gasteiger partial charge < -0.3 is 15.4 Å². The first-order valence-corrected chi connectivity index (χ1v) is 6.41. The Hall–Kier alpha value is -1.43. The molecule has 2 rings (SSSR count). The standard InChI is InChI=1S/C14H19N3O2.ClH/c1-10(12(15)9-18)7-13-16-14(19-17-13)8-11-5-3-2-4-6-11;/h2-6,10,12,18H,7-9,15H2,1H3;1H. The fourth-order valence-corrected chi connectivity index (χ4v) is 1.83. The van der Waals surface area contributed by atoms with E-state index in [0.717, 1.165) is 5.56 Å². The maximum Gasteiger partial charge on any atom is 0.231 e. The second kappa shape index (κ2) is 7.99. The van der Waals surface area contributed by atoms with Gasteiger partial charge in [-0.25, -0.2) is 0 Å². The van der Waals surface area contributed by atoms with Crippen molar-refractivity contribution in [2.75, 3.05) is 6.61 Å². The van der Waals surface area contributed by atoms with Crippen LogP contribution in [0.5, 0.6) is 0 Å². The van der Waals surface area contributed by atoms with E-state index in [2.05, 4.69) is 10.1 Å². The molecule has 5 nitrogen and oxygen atoms in total. The van der Waals surface area contributed by atoms with Gasteiger partial charge in [0.2, 0.25) is 5.89 Å². The van der Waals surface area contributed by atoms with Gasteiger partial charge in [0.25, 0.3) is 0 Å². The summed E-state index contributed by atoms with van der Waals surface area (Å²) in [5, 5.41) is 12.9. The van der Waals surface area contributed by atoms with Crippen LogP contribution in [0.1, 0.15) is 24.2 Å². The minimum absolute atomic E-state index is 0. The molecule has 1 heterocycles. The van der Waals surface area contributed by atoms with E-state index in [9.17, 15) is 0 Å². The first-order chi connectivity index (χ1) is 9.19. The van der Waals surface area contributed by atoms with E-state index in [-0.39, 0.29) is 31.0 Å². The summed E-state index contributed by atoms with van der Waals surface area (Å²) >= 11 is 0. The molecular weight excluding hydrogens is 278 g/mol. The van der Waals surface area contributed by atoms with Crippen molar-refractivity contribution >= 4 is 12.4 Å². The molecule has 0 bridgehead atoms. The quantitative estimate of drug-likeness (QED) is 0.845. The zero-order chi connectivity index (χ0) is 13.7. The monoisotopic (exact) mass is 297 g/mol. The molecule has 0 radical (unpaired) electrons. The lowest BCUT2D eigenvalue weighted by molar-refractivity contribution is 0.230. The van der Waals surface area contributed by atoms with Crippen LogP contribution in [0, 0.1) is 5.92 Å². The third kappa shape index (κ3) is 4.59. The first kappa shape index (κ1) is 16.6. The summed E-state index contributed by atoms with van der Waals surface area (Å²) in [5.74, 6) is 1.36. The van der Waals surface area contributed by atoms with E-state index in [1.807, 2.05) is 37.3 Å². The fourth-order valence-electron chi connectivity index (χ4n) is 1.83. The average molecular weight is 298 g/mol. The Morgan fingerprint density at radius 1 is 1.30 bits per heavy atom. The lowest BCUT2D eigenvalue weighted by Gasteiger charge is -2.14. The normalized spacial score (nSPS) is 13.6. The summed E-state index contributed by atoms with van der Waals surface area (Å²) in [6.45, 7) is 1.93. The van der Waals surface area contributed by atoms with Crippen molar-refractivity contribution in [3.8, 4) is 0 Å². The molecule has 0 saturated heterocycles. The van der Waals surface area contributed by atoms with E-state index >= 15 is 0 Å². The van der Waals surface area contributed by atoms with E-state index in [1.165, 1.54) is 0 Å². The van der Waals surface area contributed by atoms with Gasteiger partial charge in [0, 0.05) is 12.5 Å². The molecule has 1 aromatic heterocycles. The van der Waals surface area contributed by atoms with Crippen molar-refractivity contribution in [2.24, 2.45) is 11.7 Å². The highest BCUT2D eigenvalue weighted by Crippen LogP contribution is 2.11. The highest BCUT2D eigenvalue weighted by molar-refractivity contribution is 5.85. The molecule has 110 valence electrons. The van der Waals surface area contributed by atoms with Gasteiger partial charge in [-0.05, 0) is 11.5 Å². The smallest absolute Gasteiger partial charge is 0.231 e. The molecule has 2 unspecified atom stereocenters. The average Bonchev–Trinajstić information content (AvgIpc) is 2.86. The molecule has 3 N–H and O–H groups in total. The summed E-state index contributed by atoms with van der Waals surface area (Å²) in [7, 11) is 0. The molecule has 1 aromatic carbocycles. The van der Waals surface area contributed by atoms with E-state index in [4.69, 9.17) is 15.4 Å². The summed E-state index contributed by atoms with van der Waals surface area (Å²) in [6.07, 6.45) is 1.24. The maximum atomic E-state index is 8.99. The van der Waals surface area contributed by atoms with Crippen LogP contribution in [0.15, 0.2) is 34.9 Å². The van der Waals surface area contributed by atoms with Gasteiger partial charge in [0.1, 0.15) is 0 Å². The highest BCUT2D eigenvalue weighted by Gasteiger charge is 2.16. The number of nitrogens with two attached hydrogens (primary N) is 1. The number of halogens is 1. The lowest BCUT2D eigenvalue weighted by Crippen LogP contribution is -2.33. The number of nitrogens with zero attached hydrogens (tertiary/aromatic N) is 2. The van der Waals surface area contributed by atoms with Crippen LogP contribution in [0.25, 0.3) is 0 Å². The van der Waals surface area contributed by atoms with Crippen molar-refractivity contribution in [2.45, 2.75) is 25.8 Å². The van der Waals surface area contributed by atoms with Crippen molar-refractivity contribution in [3.63, 3.8) is 0 Å². The van der Waals surface area contributed by atoms with Gasteiger partial charge in [-0.3, -0.25) is 0 Å². The van der Waals surface area contributed by atoms with Crippen molar-refractivity contribution < 1.29 is 9.63 Å². The minimum atomic E-state index is -0.254. The van der Waals surface area contributed by atoms with Gasteiger partial charge in [-0.15, -0.1) is 12.4 Å². The number of hydrogen-bond acceptors (Lipinski definition) is 5. The fraction of sp³-hybridized carbons (Fsp3) is 0.429. The van der Waals surface area contributed by atoms with Crippen molar-refractivity contribution in [3.05, 3.63) is 47.6 Å². The van der Waals surface area contributed by atoms with Gasteiger partial charge in [-0.2, -0.15) is 4.98 Å². The van der Waals surface area contributed by atoms with Crippen LogP contribution in [0.3, 0.4) is 0 Å². The van der Waals surface area contributed by atoms with Crippen LogP contribution in [0.4, 0.5) is 0 Å². The number of aliphatic hydroxyl groups excluding tert-OH is 1. The van der Waals surface area contributed by atoms with Gasteiger partial charge in [0.15, 0.2) is 5.82 Å². The molecule has 0 aliphatic rings. The lowest BCUT2D eigenvalue weighted by atomic mass is 9.99. The Labute approximate surface area is 124 Å². The number of rotatable bonds is 6. The molecule has 0 amide bonds. The third-order valence-electron chi connectivity index (χ3n) is 3.15. The molecule has 2 aromatic rings. The zero-order valence-corrected chi connectivity index (χ0v) is 12.2. The molecule has 0 saturated carbocycles. The molecular formula is C14H20ClN3O2. The molecule has 20 heavy (non-hydrogen) atoms. The first-order valence-electron chi connectivity index (χ1n) is 6.41. The second-order valence-electron chi connectivity index (χ2n) is 4.79. The summed E-state index contributed by atoms with van der Waals surface area (Å²) in [5.41, 5.74) is 6.90. The van der Waals surface area contributed by atoms with Crippen LogP contribution in [-0.4, -0.2) is 27.9 Å². The Kier molecular flexibility index (Phi) is 6.64. The van der Waals surface area contributed by atoms with Crippen LogP contribution in [0.2, 0.25) is 0 Å². The van der Waals surface area contributed by atoms with Crippen LogP contribution >= 0.6 is 12.4 Å². The second-order valence-corrected chi connectivity index (χ2v) is 4.79. The van der Waals surface area contributed by atoms with E-state index in [0.29, 0.717) is 24.6 Å². The largest absolute Gasteiger partial charge is 0.395 e. The van der Waals surface area contributed by atoms with Crippen molar-refractivity contribution in [1.29, 1.82) is 0 Å². The molecule has 0 aliphatic heterocycles. The third-order valence-corrected chi connectivity index (χ3v) is 3.15. The number of hydrogen-bond donors (Lipinski definition) is 2. The minimum Gasteiger partial charge on any atom is -0.395 e. The summed E-state index contributed by atoms with van der Waals surface area (Å²) < 4.78 is 5.22. The molecule has 6 heteroatoms. The Balaban J connectivity index is 0.00000200. The SMILES string of the molecule is CC(Cc1noc(Cc2ccccc2)n1)C(N)CO.Cl. The topological polar surface area (TPSA) is 85.2 Å². The maximum absolute atomic E-state index is 8.99. The predicted molar refractivity (Wildman–Crippen MR) is 78.7 cm³/mol. The molecule has 0 aliphatic carbocycles. The Morgan fingerprint density at radius 2 is 2.00 bits per heavy atom.